The van der Waals surface area contributed by atoms with E-state index in [4.69, 9.17) is 27.9 Å². The molecule has 0 radical (unpaired) electrons. The molecule has 1 N–H and O–H groups in total. The Balaban J connectivity index is 2.07. The first-order valence-corrected chi connectivity index (χ1v) is 12.3. The molecular formula is C26H34Cl2N2O3. The van der Waals surface area contributed by atoms with E-state index < -0.39 is 6.04 Å². The molecule has 0 aliphatic rings. The molecule has 33 heavy (non-hydrogen) atoms. The molecule has 1 atom stereocenters. The number of hydrogen-bond acceptors (Lipinski definition) is 3. The first kappa shape index (κ1) is 27.0. The number of halogens is 2. The smallest absolute Gasteiger partial charge is 0.242 e. The Morgan fingerprint density at radius 3 is 2.42 bits per heavy atom. The average molecular weight is 493 g/mol. The van der Waals surface area contributed by atoms with Gasteiger partial charge in [-0.3, -0.25) is 9.59 Å². The molecule has 0 aromatic heterocycles. The number of rotatable bonds is 13. The van der Waals surface area contributed by atoms with Crippen molar-refractivity contribution in [2.24, 2.45) is 0 Å². The molecule has 5 nitrogen and oxygen atoms in total. The summed E-state index contributed by atoms with van der Waals surface area (Å²) in [4.78, 5) is 27.7. The van der Waals surface area contributed by atoms with Crippen LogP contribution in [0.1, 0.15) is 57.1 Å². The summed E-state index contributed by atoms with van der Waals surface area (Å²) < 4.78 is 5.76. The van der Waals surface area contributed by atoms with Gasteiger partial charge in [-0.05, 0) is 56.0 Å². The molecule has 2 aromatic rings. The van der Waals surface area contributed by atoms with Crippen molar-refractivity contribution in [2.45, 2.75) is 65.5 Å². The van der Waals surface area contributed by atoms with Gasteiger partial charge in [-0.25, -0.2) is 0 Å². The van der Waals surface area contributed by atoms with E-state index in [1.807, 2.05) is 38.1 Å². The molecule has 0 unspecified atom stereocenters. The van der Waals surface area contributed by atoms with Crippen molar-refractivity contribution in [3.05, 3.63) is 63.6 Å². The summed E-state index contributed by atoms with van der Waals surface area (Å²) in [6.07, 6.45) is 3.21. The first-order chi connectivity index (χ1) is 15.8. The molecule has 0 aliphatic heterocycles. The number of ether oxygens (including phenoxy) is 1. The van der Waals surface area contributed by atoms with Crippen molar-refractivity contribution in [3.8, 4) is 5.75 Å². The Bertz CT molecular complexity index is 903. The van der Waals surface area contributed by atoms with E-state index in [9.17, 15) is 9.59 Å². The number of carbonyl (C=O) groups excluding carboxylic acids is 2. The van der Waals surface area contributed by atoms with Crippen LogP contribution in [0.25, 0.3) is 0 Å². The number of hydrogen-bond donors (Lipinski definition) is 1. The van der Waals surface area contributed by atoms with Crippen LogP contribution in [0, 0.1) is 6.92 Å². The first-order valence-electron chi connectivity index (χ1n) is 11.6. The molecule has 0 saturated heterocycles. The standard InChI is InChI=1S/C26H34Cl2N2O3/c1-4-6-15-29-26(32)24(5-2)30(18-20-11-12-21(27)17-23(20)28)25(31)8-7-16-33-22-13-9-19(3)10-14-22/h9-14,17,24H,4-8,15-16,18H2,1-3H3,(H,29,32)/t24-/m1/s1. The minimum Gasteiger partial charge on any atom is -0.494 e. The van der Waals surface area contributed by atoms with Crippen LogP contribution in [0.4, 0.5) is 0 Å². The SMILES string of the molecule is CCCCNC(=O)[C@@H](CC)N(Cc1ccc(Cl)cc1Cl)C(=O)CCCOc1ccc(C)cc1. The monoisotopic (exact) mass is 492 g/mol. The number of nitrogens with zero attached hydrogens (tertiary/aromatic N) is 1. The molecule has 2 rings (SSSR count). The average Bonchev–Trinajstić information content (AvgIpc) is 2.79. The van der Waals surface area contributed by atoms with Crippen LogP contribution in [0.3, 0.4) is 0 Å². The molecule has 0 heterocycles. The molecule has 0 saturated carbocycles. The molecule has 2 amide bonds. The number of nitrogens with one attached hydrogen (secondary N) is 1. The van der Waals surface area contributed by atoms with Gasteiger partial charge in [0.15, 0.2) is 0 Å². The van der Waals surface area contributed by atoms with Crippen LogP contribution in [0.15, 0.2) is 42.5 Å². The maximum Gasteiger partial charge on any atom is 0.242 e. The highest BCUT2D eigenvalue weighted by Crippen LogP contribution is 2.24. The third-order valence-corrected chi connectivity index (χ3v) is 5.98. The Morgan fingerprint density at radius 1 is 1.06 bits per heavy atom. The van der Waals surface area contributed by atoms with Gasteiger partial charge in [0.1, 0.15) is 11.8 Å². The van der Waals surface area contributed by atoms with E-state index in [1.165, 1.54) is 0 Å². The molecule has 180 valence electrons. The van der Waals surface area contributed by atoms with E-state index >= 15 is 0 Å². The lowest BCUT2D eigenvalue weighted by Crippen LogP contribution is -2.49. The fourth-order valence-electron chi connectivity index (χ4n) is 3.45. The van der Waals surface area contributed by atoms with Gasteiger partial charge < -0.3 is 15.0 Å². The Kier molecular flexibility index (Phi) is 11.6. The Labute approximate surface area is 207 Å². The van der Waals surface area contributed by atoms with Gasteiger partial charge in [0.25, 0.3) is 0 Å². The summed E-state index contributed by atoms with van der Waals surface area (Å²) in [6.45, 7) is 7.26. The summed E-state index contributed by atoms with van der Waals surface area (Å²) in [6, 6.07) is 12.4. The molecule has 7 heteroatoms. The maximum absolute atomic E-state index is 13.2. The predicted molar refractivity (Wildman–Crippen MR) is 135 cm³/mol. The lowest BCUT2D eigenvalue weighted by atomic mass is 10.1. The van der Waals surface area contributed by atoms with Crippen molar-refractivity contribution in [1.82, 2.24) is 10.2 Å². The van der Waals surface area contributed by atoms with Crippen LogP contribution in [-0.2, 0) is 16.1 Å². The van der Waals surface area contributed by atoms with Gasteiger partial charge in [-0.2, -0.15) is 0 Å². The highest BCUT2D eigenvalue weighted by molar-refractivity contribution is 6.35. The van der Waals surface area contributed by atoms with Gasteiger partial charge in [0.2, 0.25) is 11.8 Å². The summed E-state index contributed by atoms with van der Waals surface area (Å²) in [5.74, 6) is 0.533. The molecule has 2 aromatic carbocycles. The third kappa shape index (κ3) is 8.90. The van der Waals surface area contributed by atoms with Gasteiger partial charge >= 0.3 is 0 Å². The van der Waals surface area contributed by atoms with E-state index in [1.54, 1.807) is 23.1 Å². The zero-order chi connectivity index (χ0) is 24.2. The zero-order valence-corrected chi connectivity index (χ0v) is 21.2. The van der Waals surface area contributed by atoms with Gasteiger partial charge in [-0.1, -0.05) is 67.2 Å². The summed E-state index contributed by atoms with van der Waals surface area (Å²) in [5.41, 5.74) is 1.92. The fourth-order valence-corrected chi connectivity index (χ4v) is 3.92. The van der Waals surface area contributed by atoms with Crippen LogP contribution in [-0.4, -0.2) is 35.9 Å². The molecular weight excluding hydrogens is 459 g/mol. The highest BCUT2D eigenvalue weighted by Gasteiger charge is 2.28. The van der Waals surface area contributed by atoms with E-state index in [0.717, 1.165) is 29.7 Å². The van der Waals surface area contributed by atoms with Crippen molar-refractivity contribution < 1.29 is 14.3 Å². The highest BCUT2D eigenvalue weighted by atomic mass is 35.5. The second kappa shape index (κ2) is 14.1. The number of benzene rings is 2. The number of carbonyl (C=O) groups is 2. The van der Waals surface area contributed by atoms with Crippen molar-refractivity contribution >= 4 is 35.0 Å². The van der Waals surface area contributed by atoms with E-state index in [-0.39, 0.29) is 24.8 Å². The third-order valence-electron chi connectivity index (χ3n) is 5.40. The quantitative estimate of drug-likeness (QED) is 0.339. The van der Waals surface area contributed by atoms with Gasteiger partial charge in [-0.15, -0.1) is 0 Å². The lowest BCUT2D eigenvalue weighted by Gasteiger charge is -2.31. The zero-order valence-electron chi connectivity index (χ0n) is 19.7. The number of unbranched alkanes of at least 4 members (excludes halogenated alkanes) is 1. The maximum atomic E-state index is 13.2. The second-order valence-electron chi connectivity index (χ2n) is 8.09. The fraction of sp³-hybridized carbons (Fsp3) is 0.462. The second-order valence-corrected chi connectivity index (χ2v) is 8.93. The van der Waals surface area contributed by atoms with E-state index in [0.29, 0.717) is 36.0 Å². The lowest BCUT2D eigenvalue weighted by molar-refractivity contribution is -0.141. The summed E-state index contributed by atoms with van der Waals surface area (Å²) in [7, 11) is 0. The minimum absolute atomic E-state index is 0.106. The largest absolute Gasteiger partial charge is 0.494 e. The van der Waals surface area contributed by atoms with E-state index in [2.05, 4.69) is 12.2 Å². The summed E-state index contributed by atoms with van der Waals surface area (Å²) >= 11 is 12.4. The number of aryl methyl sites for hydroxylation is 1. The van der Waals surface area contributed by atoms with Crippen LogP contribution < -0.4 is 10.1 Å². The van der Waals surface area contributed by atoms with Gasteiger partial charge in [0.05, 0.1) is 6.61 Å². The topological polar surface area (TPSA) is 58.6 Å². The van der Waals surface area contributed by atoms with Crippen LogP contribution in [0.2, 0.25) is 10.0 Å². The molecule has 0 spiro atoms. The minimum atomic E-state index is -0.570. The van der Waals surface area contributed by atoms with Crippen molar-refractivity contribution in [3.63, 3.8) is 0 Å². The predicted octanol–water partition coefficient (Wildman–Crippen LogP) is 6.18. The Hall–Kier alpha value is -2.24. The van der Waals surface area contributed by atoms with Crippen molar-refractivity contribution in [2.75, 3.05) is 13.2 Å². The van der Waals surface area contributed by atoms with Crippen LogP contribution in [0.5, 0.6) is 5.75 Å². The van der Waals surface area contributed by atoms with Gasteiger partial charge in [0, 0.05) is 29.6 Å². The molecule has 0 fully saturated rings. The molecule has 0 aliphatic carbocycles. The summed E-state index contributed by atoms with van der Waals surface area (Å²) in [5, 5.41) is 3.96. The number of amides is 2. The Morgan fingerprint density at radius 2 is 1.79 bits per heavy atom. The normalized spacial score (nSPS) is 11.7. The van der Waals surface area contributed by atoms with Crippen molar-refractivity contribution in [1.29, 1.82) is 0 Å². The molecule has 0 bridgehead atoms. The van der Waals surface area contributed by atoms with Crippen LogP contribution >= 0.6 is 23.2 Å².